The number of nitrogens with zero attached hydrogens (tertiary/aromatic N) is 1. The molecule has 6 heteroatoms. The maximum absolute atomic E-state index is 12.2. The van der Waals surface area contributed by atoms with Crippen LogP contribution in [0.5, 0.6) is 5.75 Å². The van der Waals surface area contributed by atoms with Crippen LogP contribution in [-0.2, 0) is 4.74 Å². The lowest BCUT2D eigenvalue weighted by molar-refractivity contribution is -0.0136. The number of pyridine rings is 1. The van der Waals surface area contributed by atoms with Crippen molar-refractivity contribution in [1.29, 1.82) is 0 Å². The lowest BCUT2D eigenvalue weighted by atomic mass is 10.1. The molecule has 22 heavy (non-hydrogen) atoms. The van der Waals surface area contributed by atoms with E-state index in [1.54, 1.807) is 6.20 Å². The highest BCUT2D eigenvalue weighted by Crippen LogP contribution is 2.18. The topological polar surface area (TPSA) is 60.5 Å². The number of hydrogen-bond donors (Lipinski definition) is 1. The molecule has 1 aliphatic rings. The zero-order chi connectivity index (χ0) is 15.4. The van der Waals surface area contributed by atoms with Crippen LogP contribution in [0.2, 0.25) is 0 Å². The van der Waals surface area contributed by atoms with E-state index in [4.69, 9.17) is 9.47 Å². The van der Waals surface area contributed by atoms with Crippen LogP contribution < -0.4 is 10.1 Å². The summed E-state index contributed by atoms with van der Waals surface area (Å²) in [5.41, 5.74) is 1.63. The maximum Gasteiger partial charge on any atom is 0.252 e. The molecule has 1 N–H and O–H groups in total. The second-order valence-corrected chi connectivity index (χ2v) is 6.03. The molecule has 2 aromatic rings. The number of nitrogens with one attached hydrogen (secondary N) is 1. The molecule has 1 aliphatic heterocycles. The van der Waals surface area contributed by atoms with Gasteiger partial charge in [-0.25, -0.2) is 0 Å². The van der Waals surface area contributed by atoms with Crippen LogP contribution in [0.3, 0.4) is 0 Å². The van der Waals surface area contributed by atoms with Crippen molar-refractivity contribution in [3.05, 3.63) is 46.4 Å². The summed E-state index contributed by atoms with van der Waals surface area (Å²) < 4.78 is 11.4. The lowest BCUT2D eigenvalue weighted by Crippen LogP contribution is -2.51. The van der Waals surface area contributed by atoms with Gasteiger partial charge in [-0.15, -0.1) is 0 Å². The maximum atomic E-state index is 12.2. The zero-order valence-electron chi connectivity index (χ0n) is 12.3. The van der Waals surface area contributed by atoms with Crippen LogP contribution in [0.1, 0.15) is 22.5 Å². The molecule has 1 fully saturated rings. The van der Waals surface area contributed by atoms with Crippen molar-refractivity contribution in [3.8, 4) is 5.75 Å². The summed E-state index contributed by atoms with van der Waals surface area (Å²) in [6.07, 6.45) is 2.22. The van der Waals surface area contributed by atoms with Gasteiger partial charge in [-0.05, 0) is 36.9 Å². The second-order valence-electron chi connectivity index (χ2n) is 5.25. The monoisotopic (exact) mass is 318 g/mol. The first-order valence-electron chi connectivity index (χ1n) is 7.22. The normalized spacial score (nSPS) is 21.3. The van der Waals surface area contributed by atoms with Crippen molar-refractivity contribution in [2.45, 2.75) is 25.5 Å². The van der Waals surface area contributed by atoms with Gasteiger partial charge in [0.15, 0.2) is 0 Å². The third-order valence-corrected chi connectivity index (χ3v) is 4.26. The molecule has 0 bridgehead atoms. The first kappa shape index (κ1) is 15.0. The van der Waals surface area contributed by atoms with Gasteiger partial charge in [0.1, 0.15) is 11.9 Å². The van der Waals surface area contributed by atoms with E-state index in [1.807, 2.05) is 35.9 Å². The van der Waals surface area contributed by atoms with Crippen LogP contribution in [-0.4, -0.2) is 36.3 Å². The number of hydrogen-bond acceptors (Lipinski definition) is 5. The Morgan fingerprint density at radius 2 is 2.36 bits per heavy atom. The van der Waals surface area contributed by atoms with E-state index in [-0.39, 0.29) is 18.1 Å². The van der Waals surface area contributed by atoms with Gasteiger partial charge in [-0.3, -0.25) is 9.78 Å². The molecule has 2 atom stereocenters. The molecule has 5 nitrogen and oxygen atoms in total. The largest absolute Gasteiger partial charge is 0.484 e. The molecule has 0 saturated carbocycles. The second kappa shape index (κ2) is 6.89. The van der Waals surface area contributed by atoms with Crippen molar-refractivity contribution in [2.75, 3.05) is 13.2 Å². The molecule has 3 rings (SSSR count). The third kappa shape index (κ3) is 3.64. The molecule has 0 unspecified atom stereocenters. The van der Waals surface area contributed by atoms with E-state index in [9.17, 15) is 4.79 Å². The van der Waals surface area contributed by atoms with Crippen LogP contribution in [0.15, 0.2) is 35.2 Å². The quantitative estimate of drug-likeness (QED) is 0.940. The van der Waals surface area contributed by atoms with Crippen LogP contribution in [0, 0.1) is 6.92 Å². The highest BCUT2D eigenvalue weighted by molar-refractivity contribution is 7.08. The van der Waals surface area contributed by atoms with E-state index < -0.39 is 0 Å². The van der Waals surface area contributed by atoms with E-state index in [0.29, 0.717) is 24.5 Å². The molecule has 1 saturated heterocycles. The molecule has 0 aromatic carbocycles. The lowest BCUT2D eigenvalue weighted by Gasteiger charge is -2.32. The van der Waals surface area contributed by atoms with Crippen LogP contribution in [0.4, 0.5) is 0 Å². The van der Waals surface area contributed by atoms with Crippen LogP contribution >= 0.6 is 11.3 Å². The van der Waals surface area contributed by atoms with Crippen molar-refractivity contribution in [2.24, 2.45) is 0 Å². The number of carbonyl (C=O) groups is 1. The van der Waals surface area contributed by atoms with Gasteiger partial charge < -0.3 is 14.8 Å². The van der Waals surface area contributed by atoms with Crippen molar-refractivity contribution >= 4 is 17.2 Å². The zero-order valence-corrected chi connectivity index (χ0v) is 13.1. The summed E-state index contributed by atoms with van der Waals surface area (Å²) in [5, 5.41) is 6.78. The Balaban J connectivity index is 1.65. The predicted molar refractivity (Wildman–Crippen MR) is 84.4 cm³/mol. The minimum atomic E-state index is -0.208. The third-order valence-electron chi connectivity index (χ3n) is 3.58. The number of thiophene rings is 1. The summed E-state index contributed by atoms with van der Waals surface area (Å²) in [5.74, 6) is 0.625. The van der Waals surface area contributed by atoms with Crippen molar-refractivity contribution < 1.29 is 14.3 Å². The SMILES string of the molecule is Cc1ccc(O[C@@H]2COCC[C@@H]2NC(=O)c2ccsc2)cn1. The summed E-state index contributed by atoms with van der Waals surface area (Å²) in [7, 11) is 0. The number of aryl methyl sites for hydroxylation is 1. The summed E-state index contributed by atoms with van der Waals surface area (Å²) >= 11 is 1.51. The van der Waals surface area contributed by atoms with E-state index in [2.05, 4.69) is 10.3 Å². The predicted octanol–water partition coefficient (Wildman–Crippen LogP) is 2.42. The van der Waals surface area contributed by atoms with E-state index in [0.717, 1.165) is 12.1 Å². The van der Waals surface area contributed by atoms with Gasteiger partial charge in [0.25, 0.3) is 5.91 Å². The average Bonchev–Trinajstić information content (AvgIpc) is 3.06. The highest BCUT2D eigenvalue weighted by atomic mass is 32.1. The van der Waals surface area contributed by atoms with Gasteiger partial charge in [0, 0.05) is 23.2 Å². The van der Waals surface area contributed by atoms with E-state index >= 15 is 0 Å². The molecule has 2 aromatic heterocycles. The van der Waals surface area contributed by atoms with Crippen molar-refractivity contribution in [3.63, 3.8) is 0 Å². The molecule has 3 heterocycles. The fourth-order valence-corrected chi connectivity index (χ4v) is 2.97. The number of aromatic nitrogens is 1. The summed E-state index contributed by atoms with van der Waals surface area (Å²) in [6, 6.07) is 5.54. The minimum absolute atomic E-state index is 0.0659. The molecule has 0 spiro atoms. The molecule has 0 aliphatic carbocycles. The first-order chi connectivity index (χ1) is 10.7. The summed E-state index contributed by atoms with van der Waals surface area (Å²) in [4.78, 5) is 16.4. The molecular weight excluding hydrogens is 300 g/mol. The van der Waals surface area contributed by atoms with E-state index in [1.165, 1.54) is 11.3 Å². The standard InChI is InChI=1S/C16H18N2O3S/c1-11-2-3-13(8-17-11)21-15-9-20-6-4-14(15)18-16(19)12-5-7-22-10-12/h2-3,5,7-8,10,14-15H,4,6,9H2,1H3,(H,18,19)/t14-,15+/m0/s1. The number of carbonyl (C=O) groups excluding carboxylic acids is 1. The van der Waals surface area contributed by atoms with Gasteiger partial charge in [-0.1, -0.05) is 0 Å². The Bertz CT molecular complexity index is 613. The fraction of sp³-hybridized carbons (Fsp3) is 0.375. The highest BCUT2D eigenvalue weighted by Gasteiger charge is 2.29. The van der Waals surface area contributed by atoms with Gasteiger partial charge in [0.2, 0.25) is 0 Å². The summed E-state index contributed by atoms with van der Waals surface area (Å²) in [6.45, 7) is 3.01. The Labute approximate surface area is 133 Å². The Morgan fingerprint density at radius 1 is 1.45 bits per heavy atom. The number of ether oxygens (including phenoxy) is 2. The average molecular weight is 318 g/mol. The van der Waals surface area contributed by atoms with Crippen molar-refractivity contribution in [1.82, 2.24) is 10.3 Å². The Morgan fingerprint density at radius 3 is 3.09 bits per heavy atom. The fourth-order valence-electron chi connectivity index (χ4n) is 2.34. The number of amides is 1. The molecule has 1 amide bonds. The molecule has 0 radical (unpaired) electrons. The van der Waals surface area contributed by atoms with Crippen LogP contribution in [0.25, 0.3) is 0 Å². The number of rotatable bonds is 4. The molecule has 116 valence electrons. The van der Waals surface area contributed by atoms with Gasteiger partial charge in [-0.2, -0.15) is 11.3 Å². The van der Waals surface area contributed by atoms with Gasteiger partial charge >= 0.3 is 0 Å². The van der Waals surface area contributed by atoms with Gasteiger partial charge in [0.05, 0.1) is 18.8 Å². The smallest absolute Gasteiger partial charge is 0.252 e. The first-order valence-corrected chi connectivity index (χ1v) is 8.17. The minimum Gasteiger partial charge on any atom is -0.484 e. The Kier molecular flexibility index (Phi) is 4.70. The molecular formula is C16H18N2O3S. The Hall–Kier alpha value is -1.92.